The lowest BCUT2D eigenvalue weighted by atomic mass is 9.49. The number of hydrogen-bond donors (Lipinski definition) is 1. The van der Waals surface area contributed by atoms with E-state index < -0.39 is 5.79 Å². The number of fused-ring (bicyclic) bond motifs is 3. The van der Waals surface area contributed by atoms with Crippen molar-refractivity contribution in [3.63, 3.8) is 0 Å². The first-order valence-electron chi connectivity index (χ1n) is 11.4. The second-order valence-electron chi connectivity index (χ2n) is 11.6. The SMILES string of the molecule is C=C(C)[C@H]1CC[C@@]2(C)CC[C@]3(C)C[C@H]4[C@@H](C)C[C@@]5(O)OC(=O)C(=CC[C@H]3[C@H]12)[C@@H]45. The van der Waals surface area contributed by atoms with Crippen molar-refractivity contribution in [3.05, 3.63) is 23.8 Å². The molecule has 4 fully saturated rings. The largest absolute Gasteiger partial charge is 0.429 e. The molecule has 5 aliphatic rings. The monoisotopic (exact) mass is 384 g/mol. The molecule has 3 saturated carbocycles. The van der Waals surface area contributed by atoms with Crippen LogP contribution in [0, 0.1) is 46.3 Å². The summed E-state index contributed by atoms with van der Waals surface area (Å²) in [5.41, 5.74) is 2.79. The van der Waals surface area contributed by atoms with Gasteiger partial charge in [0.2, 0.25) is 5.79 Å². The molecule has 3 nitrogen and oxygen atoms in total. The van der Waals surface area contributed by atoms with E-state index in [2.05, 4.69) is 40.3 Å². The summed E-state index contributed by atoms with van der Waals surface area (Å²) < 4.78 is 5.55. The van der Waals surface area contributed by atoms with Crippen LogP contribution in [-0.2, 0) is 9.53 Å². The maximum absolute atomic E-state index is 12.6. The van der Waals surface area contributed by atoms with E-state index in [1.807, 2.05) is 0 Å². The number of esters is 1. The Hall–Kier alpha value is -1.09. The predicted molar refractivity (Wildman–Crippen MR) is 109 cm³/mol. The van der Waals surface area contributed by atoms with Gasteiger partial charge in [-0.05, 0) is 85.9 Å². The molecule has 1 N–H and O–H groups in total. The molecule has 0 amide bonds. The number of aliphatic hydroxyl groups is 1. The third kappa shape index (κ3) is 2.35. The summed E-state index contributed by atoms with van der Waals surface area (Å²) in [6.45, 7) is 13.8. The van der Waals surface area contributed by atoms with Crippen LogP contribution in [0.5, 0.6) is 0 Å². The molecule has 5 rings (SSSR count). The standard InChI is InChI=1S/C25H36O3/c1-14(2)16-8-9-23(4)10-11-24(5)13-18-15(3)12-25(27)20(18)17(22(26)28-25)6-7-19(24)21(16)23/h6,15-16,18-21,27H,1,7-13H2,2-5H3/t15-,16+,18-,19-,20-,21-,23-,24+,25+/m0/s1. The first-order chi connectivity index (χ1) is 13.1. The van der Waals surface area contributed by atoms with Crippen molar-refractivity contribution in [2.45, 2.75) is 78.4 Å². The van der Waals surface area contributed by atoms with Gasteiger partial charge in [0.25, 0.3) is 0 Å². The van der Waals surface area contributed by atoms with Gasteiger partial charge in [-0.15, -0.1) is 0 Å². The normalized spacial score (nSPS) is 54.8. The zero-order valence-electron chi connectivity index (χ0n) is 18.0. The van der Waals surface area contributed by atoms with Crippen molar-refractivity contribution in [1.29, 1.82) is 0 Å². The second-order valence-corrected chi connectivity index (χ2v) is 11.6. The highest BCUT2D eigenvalue weighted by molar-refractivity contribution is 5.92. The number of carbonyl (C=O) groups is 1. The topological polar surface area (TPSA) is 46.5 Å². The summed E-state index contributed by atoms with van der Waals surface area (Å²) in [4.78, 5) is 12.6. The first-order valence-corrected chi connectivity index (χ1v) is 11.4. The molecule has 1 heterocycles. The zero-order chi connectivity index (χ0) is 20.1. The van der Waals surface area contributed by atoms with E-state index in [-0.39, 0.29) is 17.3 Å². The molecular weight excluding hydrogens is 348 g/mol. The summed E-state index contributed by atoms with van der Waals surface area (Å²) in [5.74, 6) is 0.920. The van der Waals surface area contributed by atoms with Crippen molar-refractivity contribution >= 4 is 5.97 Å². The molecule has 3 heteroatoms. The van der Waals surface area contributed by atoms with E-state index in [0.29, 0.717) is 41.4 Å². The highest BCUT2D eigenvalue weighted by Crippen LogP contribution is 2.67. The Labute approximate surface area is 169 Å². The lowest BCUT2D eigenvalue weighted by molar-refractivity contribution is -0.197. The fourth-order valence-electron chi connectivity index (χ4n) is 8.45. The highest BCUT2D eigenvalue weighted by atomic mass is 16.7. The summed E-state index contributed by atoms with van der Waals surface area (Å²) in [6.07, 6.45) is 9.95. The summed E-state index contributed by atoms with van der Waals surface area (Å²) in [5, 5.41) is 11.1. The van der Waals surface area contributed by atoms with Crippen LogP contribution in [0.25, 0.3) is 0 Å². The van der Waals surface area contributed by atoms with Crippen LogP contribution in [0.15, 0.2) is 23.8 Å². The molecule has 154 valence electrons. The highest BCUT2D eigenvalue weighted by Gasteiger charge is 2.65. The lowest BCUT2D eigenvalue weighted by Crippen LogP contribution is -2.48. The van der Waals surface area contributed by atoms with Crippen LogP contribution in [0.2, 0.25) is 0 Å². The molecule has 4 aliphatic carbocycles. The molecule has 0 aromatic carbocycles. The predicted octanol–water partition coefficient (Wildman–Crippen LogP) is 5.25. The van der Waals surface area contributed by atoms with Gasteiger partial charge in [0.15, 0.2) is 0 Å². The average Bonchev–Trinajstić information content (AvgIpc) is 3.13. The number of rotatable bonds is 1. The van der Waals surface area contributed by atoms with Crippen LogP contribution in [0.1, 0.15) is 72.6 Å². The molecular formula is C25H36O3. The molecule has 0 bridgehead atoms. The van der Waals surface area contributed by atoms with Crippen molar-refractivity contribution in [1.82, 2.24) is 0 Å². The van der Waals surface area contributed by atoms with E-state index in [1.54, 1.807) is 0 Å². The van der Waals surface area contributed by atoms with Gasteiger partial charge < -0.3 is 9.84 Å². The van der Waals surface area contributed by atoms with Gasteiger partial charge in [-0.2, -0.15) is 0 Å². The van der Waals surface area contributed by atoms with Gasteiger partial charge >= 0.3 is 5.97 Å². The molecule has 28 heavy (non-hydrogen) atoms. The maximum Gasteiger partial charge on any atom is 0.336 e. The summed E-state index contributed by atoms with van der Waals surface area (Å²) in [6, 6.07) is 0. The van der Waals surface area contributed by atoms with Crippen molar-refractivity contribution < 1.29 is 14.6 Å². The van der Waals surface area contributed by atoms with Gasteiger partial charge in [-0.1, -0.05) is 39.0 Å². The fourth-order valence-corrected chi connectivity index (χ4v) is 8.45. The Morgan fingerprint density at radius 1 is 1.21 bits per heavy atom. The number of carbonyl (C=O) groups excluding carboxylic acids is 1. The minimum Gasteiger partial charge on any atom is -0.429 e. The maximum atomic E-state index is 12.6. The number of allylic oxidation sites excluding steroid dienone is 2. The van der Waals surface area contributed by atoms with Crippen molar-refractivity contribution in [2.75, 3.05) is 0 Å². The molecule has 0 aromatic heterocycles. The molecule has 0 spiro atoms. The lowest BCUT2D eigenvalue weighted by Gasteiger charge is -2.55. The van der Waals surface area contributed by atoms with Crippen LogP contribution >= 0.6 is 0 Å². The van der Waals surface area contributed by atoms with Crippen molar-refractivity contribution in [2.24, 2.45) is 46.3 Å². The van der Waals surface area contributed by atoms with Crippen LogP contribution in [0.3, 0.4) is 0 Å². The minimum absolute atomic E-state index is 0.124. The first kappa shape index (κ1) is 18.9. The number of ether oxygens (including phenoxy) is 1. The minimum atomic E-state index is -1.26. The van der Waals surface area contributed by atoms with E-state index in [1.165, 1.54) is 31.3 Å². The Morgan fingerprint density at radius 3 is 2.64 bits per heavy atom. The van der Waals surface area contributed by atoms with E-state index in [9.17, 15) is 9.90 Å². The van der Waals surface area contributed by atoms with Gasteiger partial charge in [0.1, 0.15) is 0 Å². The van der Waals surface area contributed by atoms with E-state index >= 15 is 0 Å². The van der Waals surface area contributed by atoms with Gasteiger partial charge in [-0.25, -0.2) is 4.79 Å². The zero-order valence-corrected chi connectivity index (χ0v) is 18.0. The molecule has 0 aromatic rings. The summed E-state index contributed by atoms with van der Waals surface area (Å²) >= 11 is 0. The molecule has 1 aliphatic heterocycles. The smallest absolute Gasteiger partial charge is 0.336 e. The van der Waals surface area contributed by atoms with Gasteiger partial charge in [0, 0.05) is 12.0 Å². The molecule has 0 radical (unpaired) electrons. The Balaban J connectivity index is 1.60. The second kappa shape index (κ2) is 5.74. The van der Waals surface area contributed by atoms with Gasteiger partial charge in [0.05, 0.1) is 5.92 Å². The third-order valence-corrected chi connectivity index (χ3v) is 9.89. The Morgan fingerprint density at radius 2 is 1.93 bits per heavy atom. The average molecular weight is 385 g/mol. The quantitative estimate of drug-likeness (QED) is 0.496. The van der Waals surface area contributed by atoms with Gasteiger partial charge in [-0.3, -0.25) is 0 Å². The fraction of sp³-hybridized carbons (Fsp3) is 0.800. The molecule has 1 saturated heterocycles. The van der Waals surface area contributed by atoms with E-state index in [0.717, 1.165) is 18.4 Å². The van der Waals surface area contributed by atoms with Crippen LogP contribution < -0.4 is 0 Å². The van der Waals surface area contributed by atoms with Crippen LogP contribution in [0.4, 0.5) is 0 Å². The third-order valence-electron chi connectivity index (χ3n) is 9.89. The van der Waals surface area contributed by atoms with Crippen molar-refractivity contribution in [3.8, 4) is 0 Å². The van der Waals surface area contributed by atoms with E-state index in [4.69, 9.17) is 4.74 Å². The number of hydrogen-bond acceptors (Lipinski definition) is 3. The Bertz CT molecular complexity index is 768. The molecule has 9 atom stereocenters. The molecule has 0 unspecified atom stereocenters. The van der Waals surface area contributed by atoms with Crippen LogP contribution in [-0.4, -0.2) is 16.9 Å². The summed E-state index contributed by atoms with van der Waals surface area (Å²) in [7, 11) is 0. The Kier molecular flexibility index (Phi) is 3.88.